The second-order valence-corrected chi connectivity index (χ2v) is 3.65. The lowest BCUT2D eigenvalue weighted by molar-refractivity contribution is -0.121. The van der Waals surface area contributed by atoms with Crippen molar-refractivity contribution in [1.82, 2.24) is 0 Å². The number of halogens is 2. The Kier molecular flexibility index (Phi) is 4.45. The standard InChI is InChI=1S/C12H12F2O3/c1-7-3-11(14)9(5-10(7)13)12(16)4-8(15)6-17-2/h3,5H,4,6H2,1-2H3. The molecular weight excluding hydrogens is 230 g/mol. The van der Waals surface area contributed by atoms with Gasteiger partial charge in [-0.1, -0.05) is 0 Å². The fourth-order valence-electron chi connectivity index (χ4n) is 1.35. The van der Waals surface area contributed by atoms with Crippen LogP contribution in [-0.4, -0.2) is 25.3 Å². The first-order valence-electron chi connectivity index (χ1n) is 4.95. The van der Waals surface area contributed by atoms with Crippen LogP contribution in [0, 0.1) is 18.6 Å². The summed E-state index contributed by atoms with van der Waals surface area (Å²) < 4.78 is 31.1. The van der Waals surface area contributed by atoms with E-state index < -0.39 is 35.2 Å². The Hall–Kier alpha value is -1.62. The molecule has 0 spiro atoms. The van der Waals surface area contributed by atoms with Gasteiger partial charge < -0.3 is 4.74 Å². The smallest absolute Gasteiger partial charge is 0.173 e. The van der Waals surface area contributed by atoms with E-state index >= 15 is 0 Å². The number of rotatable bonds is 5. The zero-order valence-electron chi connectivity index (χ0n) is 9.55. The van der Waals surface area contributed by atoms with Crippen molar-refractivity contribution in [1.29, 1.82) is 0 Å². The van der Waals surface area contributed by atoms with Crippen molar-refractivity contribution in [2.45, 2.75) is 13.3 Å². The number of methoxy groups -OCH3 is 1. The van der Waals surface area contributed by atoms with Crippen molar-refractivity contribution in [2.24, 2.45) is 0 Å². The Labute approximate surface area is 97.4 Å². The van der Waals surface area contributed by atoms with Crippen LogP contribution in [-0.2, 0) is 9.53 Å². The summed E-state index contributed by atoms with van der Waals surface area (Å²) in [6, 6.07) is 1.75. The van der Waals surface area contributed by atoms with Crippen molar-refractivity contribution in [3.8, 4) is 0 Å². The Morgan fingerprint density at radius 1 is 1.24 bits per heavy atom. The topological polar surface area (TPSA) is 43.4 Å². The Morgan fingerprint density at radius 2 is 1.88 bits per heavy atom. The maximum atomic E-state index is 13.4. The number of hydrogen-bond donors (Lipinski definition) is 0. The largest absolute Gasteiger partial charge is 0.377 e. The van der Waals surface area contributed by atoms with E-state index in [1.807, 2.05) is 0 Å². The predicted octanol–water partition coefficient (Wildman–Crippen LogP) is 2.06. The van der Waals surface area contributed by atoms with Crippen LogP contribution < -0.4 is 0 Å². The van der Waals surface area contributed by atoms with Crippen LogP contribution in [0.15, 0.2) is 12.1 Å². The van der Waals surface area contributed by atoms with E-state index in [0.29, 0.717) is 0 Å². The molecule has 1 aromatic rings. The average Bonchev–Trinajstić information content (AvgIpc) is 2.23. The van der Waals surface area contributed by atoms with E-state index in [1.54, 1.807) is 0 Å². The molecule has 0 unspecified atom stereocenters. The van der Waals surface area contributed by atoms with Crippen LogP contribution in [0.3, 0.4) is 0 Å². The van der Waals surface area contributed by atoms with Gasteiger partial charge in [0.1, 0.15) is 18.2 Å². The normalized spacial score (nSPS) is 10.4. The highest BCUT2D eigenvalue weighted by Crippen LogP contribution is 2.15. The first-order chi connectivity index (χ1) is 7.95. The molecule has 0 heterocycles. The van der Waals surface area contributed by atoms with Gasteiger partial charge in [0.25, 0.3) is 0 Å². The molecule has 0 amide bonds. The molecule has 5 heteroatoms. The molecule has 0 N–H and O–H groups in total. The quantitative estimate of drug-likeness (QED) is 0.586. The van der Waals surface area contributed by atoms with Gasteiger partial charge in [-0.05, 0) is 24.6 Å². The third kappa shape index (κ3) is 3.42. The average molecular weight is 242 g/mol. The van der Waals surface area contributed by atoms with E-state index in [0.717, 1.165) is 12.1 Å². The minimum absolute atomic E-state index is 0.113. The maximum absolute atomic E-state index is 13.4. The maximum Gasteiger partial charge on any atom is 0.173 e. The summed E-state index contributed by atoms with van der Waals surface area (Å²) in [5, 5.41) is 0. The predicted molar refractivity (Wildman–Crippen MR) is 56.9 cm³/mol. The number of ether oxygens (including phenoxy) is 1. The van der Waals surface area contributed by atoms with Crippen molar-refractivity contribution in [3.05, 3.63) is 34.9 Å². The van der Waals surface area contributed by atoms with E-state index in [-0.39, 0.29) is 12.2 Å². The van der Waals surface area contributed by atoms with E-state index in [2.05, 4.69) is 4.74 Å². The SMILES string of the molecule is COCC(=O)CC(=O)c1cc(F)c(C)cc1F. The van der Waals surface area contributed by atoms with Crippen molar-refractivity contribution >= 4 is 11.6 Å². The molecule has 0 radical (unpaired) electrons. The molecule has 1 aromatic carbocycles. The fraction of sp³-hybridized carbons (Fsp3) is 0.333. The van der Waals surface area contributed by atoms with Crippen molar-refractivity contribution < 1.29 is 23.1 Å². The Bertz CT molecular complexity index is 455. The molecule has 0 aromatic heterocycles. The molecule has 0 saturated carbocycles. The molecule has 0 aliphatic rings. The van der Waals surface area contributed by atoms with Crippen LogP contribution in [0.4, 0.5) is 8.78 Å². The monoisotopic (exact) mass is 242 g/mol. The summed E-state index contributed by atoms with van der Waals surface area (Å²) in [4.78, 5) is 22.7. The summed E-state index contributed by atoms with van der Waals surface area (Å²) in [5.41, 5.74) is -0.292. The number of hydrogen-bond acceptors (Lipinski definition) is 3. The van der Waals surface area contributed by atoms with Gasteiger partial charge in [0.15, 0.2) is 11.6 Å². The lowest BCUT2D eigenvalue weighted by Crippen LogP contribution is -2.14. The summed E-state index contributed by atoms with van der Waals surface area (Å²) in [7, 11) is 1.31. The second kappa shape index (κ2) is 5.63. The number of Topliss-reactive ketones (excluding diaryl/α,β-unsaturated/α-hetero) is 2. The summed E-state index contributed by atoms with van der Waals surface area (Å²) in [6.45, 7) is 1.17. The van der Waals surface area contributed by atoms with Gasteiger partial charge in [-0.15, -0.1) is 0 Å². The molecule has 0 bridgehead atoms. The third-order valence-corrected chi connectivity index (χ3v) is 2.21. The number of carbonyl (C=O) groups is 2. The molecule has 0 aliphatic heterocycles. The minimum Gasteiger partial charge on any atom is -0.377 e. The molecular formula is C12H12F2O3. The third-order valence-electron chi connectivity index (χ3n) is 2.21. The van der Waals surface area contributed by atoms with Gasteiger partial charge in [-0.2, -0.15) is 0 Å². The Balaban J connectivity index is 2.89. The highest BCUT2D eigenvalue weighted by atomic mass is 19.1. The molecule has 0 saturated heterocycles. The number of carbonyl (C=O) groups excluding carboxylic acids is 2. The summed E-state index contributed by atoms with van der Waals surface area (Å²) in [5.74, 6) is -2.71. The van der Waals surface area contributed by atoms with Gasteiger partial charge in [-0.25, -0.2) is 8.78 Å². The molecule has 3 nitrogen and oxygen atoms in total. The van der Waals surface area contributed by atoms with Gasteiger partial charge in [0.2, 0.25) is 0 Å². The van der Waals surface area contributed by atoms with Crippen LogP contribution in [0.1, 0.15) is 22.3 Å². The van der Waals surface area contributed by atoms with E-state index in [9.17, 15) is 18.4 Å². The molecule has 0 aliphatic carbocycles. The number of aryl methyl sites for hydroxylation is 1. The first kappa shape index (κ1) is 13.4. The van der Waals surface area contributed by atoms with Crippen molar-refractivity contribution in [3.63, 3.8) is 0 Å². The van der Waals surface area contributed by atoms with Gasteiger partial charge in [0, 0.05) is 7.11 Å². The zero-order valence-corrected chi connectivity index (χ0v) is 9.55. The molecule has 17 heavy (non-hydrogen) atoms. The van der Waals surface area contributed by atoms with Crippen LogP contribution in [0.5, 0.6) is 0 Å². The molecule has 0 fully saturated rings. The number of benzene rings is 1. The lowest BCUT2D eigenvalue weighted by atomic mass is 10.0. The van der Waals surface area contributed by atoms with Gasteiger partial charge in [-0.3, -0.25) is 9.59 Å². The molecule has 0 atom stereocenters. The van der Waals surface area contributed by atoms with Crippen LogP contribution in [0.2, 0.25) is 0 Å². The van der Waals surface area contributed by atoms with Crippen LogP contribution >= 0.6 is 0 Å². The second-order valence-electron chi connectivity index (χ2n) is 3.65. The molecule has 1 rings (SSSR count). The molecule has 92 valence electrons. The Morgan fingerprint density at radius 3 is 2.47 bits per heavy atom. The lowest BCUT2D eigenvalue weighted by Gasteiger charge is -2.04. The van der Waals surface area contributed by atoms with Gasteiger partial charge >= 0.3 is 0 Å². The highest BCUT2D eigenvalue weighted by molar-refractivity contribution is 6.08. The fourth-order valence-corrected chi connectivity index (χ4v) is 1.35. The summed E-state index contributed by atoms with van der Waals surface area (Å²) in [6.07, 6.45) is -0.493. The van der Waals surface area contributed by atoms with Gasteiger partial charge in [0.05, 0.1) is 12.0 Å². The first-order valence-corrected chi connectivity index (χ1v) is 4.95. The zero-order chi connectivity index (χ0) is 13.0. The summed E-state index contributed by atoms with van der Waals surface area (Å²) >= 11 is 0. The van der Waals surface area contributed by atoms with E-state index in [1.165, 1.54) is 14.0 Å². The minimum atomic E-state index is -0.820. The van der Waals surface area contributed by atoms with Crippen molar-refractivity contribution in [2.75, 3.05) is 13.7 Å². The van der Waals surface area contributed by atoms with E-state index in [4.69, 9.17) is 0 Å². The number of ketones is 2. The van der Waals surface area contributed by atoms with Crippen LogP contribution in [0.25, 0.3) is 0 Å². The highest BCUT2D eigenvalue weighted by Gasteiger charge is 2.17.